The number of sulfonamides is 1. The Balaban J connectivity index is 1.57. The van der Waals surface area contributed by atoms with E-state index in [1.165, 1.54) is 10.4 Å². The Bertz CT molecular complexity index is 1010. The van der Waals surface area contributed by atoms with E-state index < -0.39 is 16.1 Å². The third kappa shape index (κ3) is 4.24. The molecule has 2 fully saturated rings. The molecule has 3 heterocycles. The summed E-state index contributed by atoms with van der Waals surface area (Å²) >= 11 is 0. The van der Waals surface area contributed by atoms with Crippen molar-refractivity contribution < 1.29 is 22.7 Å². The van der Waals surface area contributed by atoms with Crippen LogP contribution in [0, 0.1) is 12.8 Å². The molecular weight excluding hydrogens is 430 g/mol. The molecule has 2 saturated heterocycles. The molecule has 1 aromatic carbocycles. The normalized spacial score (nSPS) is 26.8. The number of nitrogens with zero attached hydrogens (tertiary/aromatic N) is 2. The van der Waals surface area contributed by atoms with Crippen LogP contribution in [0.3, 0.4) is 0 Å². The van der Waals surface area contributed by atoms with Crippen LogP contribution in [0.4, 0.5) is 5.69 Å². The summed E-state index contributed by atoms with van der Waals surface area (Å²) in [5.74, 6) is -0.0835. The summed E-state index contributed by atoms with van der Waals surface area (Å²) in [6, 6.07) is 3.37. The minimum atomic E-state index is -3.80. The number of carbonyl (C=O) groups is 2. The number of fused-ring (bicyclic) bond motifs is 1. The highest BCUT2D eigenvalue weighted by Crippen LogP contribution is 2.37. The summed E-state index contributed by atoms with van der Waals surface area (Å²) in [5, 5.41) is 2.80. The zero-order chi connectivity index (χ0) is 23.0. The lowest BCUT2D eigenvalue weighted by Crippen LogP contribution is -2.50. The number of hydrogen-bond acceptors (Lipinski definition) is 5. The molecule has 9 heteroatoms. The van der Waals surface area contributed by atoms with Crippen molar-refractivity contribution in [3.05, 3.63) is 17.7 Å². The monoisotopic (exact) mass is 463 g/mol. The summed E-state index contributed by atoms with van der Waals surface area (Å²) in [5.41, 5.74) is 1.03. The van der Waals surface area contributed by atoms with Gasteiger partial charge in [-0.3, -0.25) is 9.59 Å². The molecule has 4 rings (SSSR count). The van der Waals surface area contributed by atoms with Gasteiger partial charge in [0.2, 0.25) is 15.9 Å². The van der Waals surface area contributed by atoms with E-state index in [0.29, 0.717) is 42.8 Å². The van der Waals surface area contributed by atoms with Crippen LogP contribution in [0.1, 0.15) is 57.9 Å². The topological polar surface area (TPSA) is 96.0 Å². The van der Waals surface area contributed by atoms with Crippen molar-refractivity contribution in [2.45, 2.75) is 76.3 Å². The number of carbonyl (C=O) groups excluding carboxylic acids is 2. The first kappa shape index (κ1) is 23.0. The Kier molecular flexibility index (Phi) is 6.49. The maximum Gasteiger partial charge on any atom is 0.265 e. The predicted octanol–water partition coefficient (Wildman–Crippen LogP) is 2.91. The fourth-order valence-corrected chi connectivity index (χ4v) is 6.74. The summed E-state index contributed by atoms with van der Waals surface area (Å²) in [6.07, 6.45) is 4.38. The van der Waals surface area contributed by atoms with Gasteiger partial charge in [-0.15, -0.1) is 0 Å². The van der Waals surface area contributed by atoms with Gasteiger partial charge in [0.15, 0.2) is 6.10 Å². The Morgan fingerprint density at radius 2 is 1.97 bits per heavy atom. The number of aryl methyl sites for hydroxylation is 1. The van der Waals surface area contributed by atoms with Crippen molar-refractivity contribution in [2.75, 3.05) is 25.0 Å². The van der Waals surface area contributed by atoms with Gasteiger partial charge in [0.1, 0.15) is 5.75 Å². The van der Waals surface area contributed by atoms with Gasteiger partial charge in [-0.1, -0.05) is 6.92 Å². The third-order valence-electron chi connectivity index (χ3n) is 6.90. The summed E-state index contributed by atoms with van der Waals surface area (Å²) in [7, 11) is -3.80. The molecular formula is C23H33N3O5S. The Labute approximate surface area is 190 Å². The van der Waals surface area contributed by atoms with Gasteiger partial charge in [-0.25, -0.2) is 8.42 Å². The highest BCUT2D eigenvalue weighted by Gasteiger charge is 2.38. The number of amides is 2. The molecule has 0 bridgehead atoms. The predicted molar refractivity (Wildman–Crippen MR) is 121 cm³/mol. The smallest absolute Gasteiger partial charge is 0.265 e. The Morgan fingerprint density at radius 1 is 1.19 bits per heavy atom. The average molecular weight is 464 g/mol. The van der Waals surface area contributed by atoms with Gasteiger partial charge in [0.25, 0.3) is 5.91 Å². The minimum Gasteiger partial charge on any atom is -0.478 e. The number of hydrogen-bond donors (Lipinski definition) is 1. The standard InChI is InChI=1S/C23H33N3O5S/c1-4-19-22(27)24-18-12-15(2)21(13-20(18)31-19)32(29,30)25-10-7-9-17(14-25)23(28)26-11-6-5-8-16(26)3/h12-13,16-17,19H,4-11,14H2,1-3H3,(H,24,27). The zero-order valence-electron chi connectivity index (χ0n) is 19.1. The van der Waals surface area contributed by atoms with E-state index in [0.717, 1.165) is 25.8 Å². The maximum absolute atomic E-state index is 13.6. The van der Waals surface area contributed by atoms with Crippen LogP contribution >= 0.6 is 0 Å². The molecule has 0 spiro atoms. The molecule has 32 heavy (non-hydrogen) atoms. The molecule has 8 nitrogen and oxygen atoms in total. The largest absolute Gasteiger partial charge is 0.478 e. The van der Waals surface area contributed by atoms with E-state index in [1.54, 1.807) is 13.0 Å². The lowest BCUT2D eigenvalue weighted by molar-refractivity contribution is -0.140. The first-order chi connectivity index (χ1) is 15.2. The molecule has 176 valence electrons. The molecule has 0 saturated carbocycles. The Morgan fingerprint density at radius 3 is 2.69 bits per heavy atom. The molecule has 3 unspecified atom stereocenters. The number of ether oxygens (including phenoxy) is 1. The van der Waals surface area contributed by atoms with Gasteiger partial charge < -0.3 is 15.0 Å². The average Bonchev–Trinajstić information content (AvgIpc) is 2.78. The first-order valence-electron chi connectivity index (χ1n) is 11.6. The van der Waals surface area contributed by atoms with Crippen LogP contribution in [0.15, 0.2) is 17.0 Å². The number of anilines is 1. The molecule has 0 radical (unpaired) electrons. The van der Waals surface area contributed by atoms with Crippen LogP contribution in [-0.2, 0) is 19.6 Å². The van der Waals surface area contributed by atoms with Gasteiger partial charge >= 0.3 is 0 Å². The molecule has 3 aliphatic heterocycles. The van der Waals surface area contributed by atoms with Crippen LogP contribution in [0.2, 0.25) is 0 Å². The third-order valence-corrected chi connectivity index (χ3v) is 8.91. The molecule has 2 amide bonds. The van der Waals surface area contributed by atoms with Crippen molar-refractivity contribution in [1.29, 1.82) is 0 Å². The highest BCUT2D eigenvalue weighted by atomic mass is 32.2. The number of rotatable bonds is 4. The van der Waals surface area contributed by atoms with Crippen LogP contribution < -0.4 is 10.1 Å². The molecule has 3 atom stereocenters. The van der Waals surface area contributed by atoms with Gasteiger partial charge in [0, 0.05) is 31.7 Å². The summed E-state index contributed by atoms with van der Waals surface area (Å²) < 4.78 is 34.4. The van der Waals surface area contributed by atoms with Crippen LogP contribution in [0.5, 0.6) is 5.75 Å². The van der Waals surface area contributed by atoms with Crippen molar-refractivity contribution in [2.24, 2.45) is 5.92 Å². The molecule has 0 aromatic heterocycles. The Hall–Kier alpha value is -2.13. The van der Waals surface area contributed by atoms with Crippen molar-refractivity contribution in [1.82, 2.24) is 9.21 Å². The quantitative estimate of drug-likeness (QED) is 0.741. The van der Waals surface area contributed by atoms with Crippen molar-refractivity contribution in [3.63, 3.8) is 0 Å². The van der Waals surface area contributed by atoms with E-state index in [9.17, 15) is 18.0 Å². The van der Waals surface area contributed by atoms with Crippen molar-refractivity contribution in [3.8, 4) is 5.75 Å². The van der Waals surface area contributed by atoms with Gasteiger partial charge in [-0.05, 0) is 64.0 Å². The van der Waals surface area contributed by atoms with Crippen LogP contribution in [0.25, 0.3) is 0 Å². The van der Waals surface area contributed by atoms with E-state index >= 15 is 0 Å². The number of benzene rings is 1. The SMILES string of the molecule is CCC1Oc2cc(S(=O)(=O)N3CCCC(C(=O)N4CCCCC4C)C3)c(C)cc2NC1=O. The molecule has 1 aromatic rings. The van der Waals surface area contributed by atoms with E-state index in [-0.39, 0.29) is 35.2 Å². The van der Waals surface area contributed by atoms with Crippen LogP contribution in [-0.4, -0.2) is 61.2 Å². The molecule has 1 N–H and O–H groups in total. The van der Waals surface area contributed by atoms with E-state index in [4.69, 9.17) is 4.74 Å². The maximum atomic E-state index is 13.6. The summed E-state index contributed by atoms with van der Waals surface area (Å²) in [6.45, 7) is 6.99. The van der Waals surface area contributed by atoms with E-state index in [1.807, 2.05) is 11.8 Å². The van der Waals surface area contributed by atoms with E-state index in [2.05, 4.69) is 12.2 Å². The fourth-order valence-electron chi connectivity index (χ4n) is 4.99. The summed E-state index contributed by atoms with van der Waals surface area (Å²) in [4.78, 5) is 27.4. The molecule has 0 aliphatic carbocycles. The lowest BCUT2D eigenvalue weighted by Gasteiger charge is -2.39. The number of nitrogens with one attached hydrogen (secondary N) is 1. The lowest BCUT2D eigenvalue weighted by atomic mass is 9.95. The zero-order valence-corrected chi connectivity index (χ0v) is 19.9. The second kappa shape index (κ2) is 9.02. The second-order valence-electron chi connectivity index (χ2n) is 9.20. The highest BCUT2D eigenvalue weighted by molar-refractivity contribution is 7.89. The fraction of sp³-hybridized carbons (Fsp3) is 0.652. The minimum absolute atomic E-state index is 0.0797. The molecule has 3 aliphatic rings. The van der Waals surface area contributed by atoms with Gasteiger partial charge in [0.05, 0.1) is 16.5 Å². The first-order valence-corrected chi connectivity index (χ1v) is 13.1. The second-order valence-corrected chi connectivity index (χ2v) is 11.1. The number of piperidine rings is 2. The van der Waals surface area contributed by atoms with Crippen molar-refractivity contribution >= 4 is 27.5 Å². The van der Waals surface area contributed by atoms with Gasteiger partial charge in [-0.2, -0.15) is 4.31 Å². The number of likely N-dealkylation sites (tertiary alicyclic amines) is 1.